The molecule has 19 heavy (non-hydrogen) atoms. The van der Waals surface area contributed by atoms with Gasteiger partial charge in [0, 0.05) is 11.4 Å². The molecule has 6 heteroatoms. The Morgan fingerprint density at radius 3 is 2.53 bits per heavy atom. The van der Waals surface area contributed by atoms with Gasteiger partial charge in [0.2, 0.25) is 0 Å². The molecule has 2 heterocycles. The van der Waals surface area contributed by atoms with Crippen molar-refractivity contribution in [3.63, 3.8) is 0 Å². The van der Waals surface area contributed by atoms with Crippen molar-refractivity contribution in [2.75, 3.05) is 0 Å². The van der Waals surface area contributed by atoms with Crippen LogP contribution in [-0.2, 0) is 6.42 Å². The lowest BCUT2D eigenvalue weighted by atomic mass is 10.1. The van der Waals surface area contributed by atoms with Crippen LogP contribution in [0.3, 0.4) is 0 Å². The number of nitrogens with zero attached hydrogens (tertiary/aromatic N) is 4. The van der Waals surface area contributed by atoms with Gasteiger partial charge in [-0.3, -0.25) is 0 Å². The topological polar surface area (TPSA) is 69.6 Å². The minimum Gasteiger partial charge on any atom is -0.388 e. The lowest BCUT2D eigenvalue weighted by molar-refractivity contribution is 0.766. The number of nitrogens with two attached hydrogens (primary N) is 1. The van der Waals surface area contributed by atoms with Crippen molar-refractivity contribution in [1.82, 2.24) is 19.7 Å². The normalized spacial score (nSPS) is 10.7. The van der Waals surface area contributed by atoms with E-state index >= 15 is 0 Å². The molecule has 100 valence electrons. The van der Waals surface area contributed by atoms with Gasteiger partial charge >= 0.3 is 0 Å². The lowest BCUT2D eigenvalue weighted by Crippen LogP contribution is -2.16. The summed E-state index contributed by atoms with van der Waals surface area (Å²) in [4.78, 5) is 9.05. The van der Waals surface area contributed by atoms with Crippen LogP contribution in [0.15, 0.2) is 6.07 Å². The monoisotopic (exact) mass is 275 g/mol. The van der Waals surface area contributed by atoms with Gasteiger partial charge in [0.05, 0.1) is 5.69 Å². The van der Waals surface area contributed by atoms with Crippen molar-refractivity contribution < 1.29 is 0 Å². The number of thiocarbonyl (C=S) groups is 1. The maximum absolute atomic E-state index is 5.64. The molecule has 2 aromatic rings. The third-order valence-corrected chi connectivity index (χ3v) is 3.29. The maximum atomic E-state index is 5.64. The first-order valence-corrected chi connectivity index (χ1v) is 6.55. The average molecular weight is 275 g/mol. The van der Waals surface area contributed by atoms with Crippen LogP contribution in [0.4, 0.5) is 0 Å². The van der Waals surface area contributed by atoms with Gasteiger partial charge in [-0.1, -0.05) is 19.1 Å². The summed E-state index contributed by atoms with van der Waals surface area (Å²) in [5, 5.41) is 4.50. The van der Waals surface area contributed by atoms with Crippen LogP contribution in [0.1, 0.15) is 35.3 Å². The van der Waals surface area contributed by atoms with Crippen molar-refractivity contribution in [2.45, 2.75) is 34.1 Å². The third-order valence-electron chi connectivity index (χ3n) is 3.08. The molecule has 2 aromatic heterocycles. The SMILES string of the molecule is CCc1c(C)nn(-c2nc(C)cc(C(N)=S)n2)c1C. The number of hydrogen-bond acceptors (Lipinski definition) is 4. The zero-order valence-electron chi connectivity index (χ0n) is 11.6. The zero-order valence-corrected chi connectivity index (χ0v) is 12.4. The summed E-state index contributed by atoms with van der Waals surface area (Å²) in [7, 11) is 0. The summed E-state index contributed by atoms with van der Waals surface area (Å²) >= 11 is 4.98. The number of aryl methyl sites for hydroxylation is 2. The second-order valence-electron chi connectivity index (χ2n) is 4.47. The Hall–Kier alpha value is -1.82. The van der Waals surface area contributed by atoms with E-state index in [2.05, 4.69) is 22.0 Å². The Bertz CT molecular complexity index is 645. The maximum Gasteiger partial charge on any atom is 0.251 e. The van der Waals surface area contributed by atoms with Crippen molar-refractivity contribution in [2.24, 2.45) is 5.73 Å². The Labute approximate surface area is 117 Å². The summed E-state index contributed by atoms with van der Waals surface area (Å²) in [6, 6.07) is 1.78. The van der Waals surface area contributed by atoms with Gasteiger partial charge in [0.15, 0.2) is 0 Å². The van der Waals surface area contributed by atoms with E-state index < -0.39 is 0 Å². The molecule has 0 aliphatic rings. The van der Waals surface area contributed by atoms with Crippen LogP contribution in [0, 0.1) is 20.8 Å². The molecule has 0 aromatic carbocycles. The van der Waals surface area contributed by atoms with Gasteiger partial charge in [0.1, 0.15) is 10.7 Å². The number of rotatable bonds is 3. The highest BCUT2D eigenvalue weighted by atomic mass is 32.1. The average Bonchev–Trinajstić information content (AvgIpc) is 2.63. The molecule has 2 rings (SSSR count). The lowest BCUT2D eigenvalue weighted by Gasteiger charge is -2.06. The predicted octanol–water partition coefficient (Wildman–Crippen LogP) is 1.78. The zero-order chi connectivity index (χ0) is 14.2. The Morgan fingerprint density at radius 2 is 2.00 bits per heavy atom. The van der Waals surface area contributed by atoms with Gasteiger partial charge in [-0.2, -0.15) is 5.10 Å². The largest absolute Gasteiger partial charge is 0.388 e. The van der Waals surface area contributed by atoms with E-state index in [0.29, 0.717) is 11.6 Å². The predicted molar refractivity (Wildman–Crippen MR) is 78.6 cm³/mol. The highest BCUT2D eigenvalue weighted by Gasteiger charge is 2.14. The number of hydrogen-bond donors (Lipinski definition) is 1. The molecule has 2 N–H and O–H groups in total. The standard InChI is InChI=1S/C13H17N5S/c1-5-10-8(3)17-18(9(10)4)13-15-7(2)6-11(16-13)12(14)19/h6H,5H2,1-4H3,(H2,14,19). The molecule has 0 atom stereocenters. The van der Waals surface area contributed by atoms with Crippen LogP contribution in [-0.4, -0.2) is 24.7 Å². The fourth-order valence-corrected chi connectivity index (χ4v) is 2.26. The van der Waals surface area contributed by atoms with Crippen LogP contribution < -0.4 is 5.73 Å². The van der Waals surface area contributed by atoms with E-state index in [1.807, 2.05) is 20.8 Å². The van der Waals surface area contributed by atoms with Crippen LogP contribution in [0.25, 0.3) is 5.95 Å². The van der Waals surface area contributed by atoms with E-state index in [1.165, 1.54) is 5.56 Å². The quantitative estimate of drug-likeness (QED) is 0.865. The highest BCUT2D eigenvalue weighted by molar-refractivity contribution is 7.80. The van der Waals surface area contributed by atoms with E-state index in [-0.39, 0.29) is 4.99 Å². The molecule has 0 fully saturated rings. The molecule has 5 nitrogen and oxygen atoms in total. The first-order chi connectivity index (χ1) is 8.93. The Balaban J connectivity index is 2.62. The van der Waals surface area contributed by atoms with Crippen LogP contribution >= 0.6 is 12.2 Å². The highest BCUT2D eigenvalue weighted by Crippen LogP contribution is 2.16. The van der Waals surface area contributed by atoms with E-state index in [1.54, 1.807) is 10.7 Å². The molecule has 0 unspecified atom stereocenters. The molecular formula is C13H17N5S. The van der Waals surface area contributed by atoms with E-state index in [0.717, 1.165) is 23.5 Å². The smallest absolute Gasteiger partial charge is 0.251 e. The van der Waals surface area contributed by atoms with Crippen LogP contribution in [0.5, 0.6) is 0 Å². The van der Waals surface area contributed by atoms with Gasteiger partial charge in [0.25, 0.3) is 5.95 Å². The molecule has 0 amide bonds. The van der Waals surface area contributed by atoms with Gasteiger partial charge in [-0.25, -0.2) is 14.6 Å². The van der Waals surface area contributed by atoms with Gasteiger partial charge in [-0.15, -0.1) is 0 Å². The Kier molecular flexibility index (Phi) is 3.61. The van der Waals surface area contributed by atoms with Crippen molar-refractivity contribution in [1.29, 1.82) is 0 Å². The minimum atomic E-state index is 0.268. The molecular weight excluding hydrogens is 258 g/mol. The summed E-state index contributed by atoms with van der Waals surface area (Å²) < 4.78 is 1.75. The van der Waals surface area contributed by atoms with Gasteiger partial charge in [-0.05, 0) is 38.8 Å². The fourth-order valence-electron chi connectivity index (χ4n) is 2.16. The fraction of sp³-hybridized carbons (Fsp3) is 0.385. The molecule has 0 radical (unpaired) electrons. The molecule has 0 saturated carbocycles. The summed E-state index contributed by atoms with van der Waals surface area (Å²) in [5.41, 5.74) is 10.3. The Morgan fingerprint density at radius 1 is 1.32 bits per heavy atom. The van der Waals surface area contributed by atoms with Crippen molar-refractivity contribution >= 4 is 17.2 Å². The van der Waals surface area contributed by atoms with Gasteiger partial charge < -0.3 is 5.73 Å². The molecule has 0 aliphatic carbocycles. The minimum absolute atomic E-state index is 0.268. The summed E-state index contributed by atoms with van der Waals surface area (Å²) in [6.45, 7) is 8.01. The molecule has 0 bridgehead atoms. The first kappa shape index (κ1) is 13.6. The number of aromatic nitrogens is 4. The second-order valence-corrected chi connectivity index (χ2v) is 4.91. The summed E-state index contributed by atoms with van der Waals surface area (Å²) in [6.07, 6.45) is 0.936. The van der Waals surface area contributed by atoms with Crippen molar-refractivity contribution in [3.8, 4) is 5.95 Å². The molecule has 0 aliphatic heterocycles. The van der Waals surface area contributed by atoms with E-state index in [9.17, 15) is 0 Å². The van der Waals surface area contributed by atoms with Crippen LogP contribution in [0.2, 0.25) is 0 Å². The third kappa shape index (κ3) is 2.49. The van der Waals surface area contributed by atoms with Crippen molar-refractivity contribution in [3.05, 3.63) is 34.4 Å². The van der Waals surface area contributed by atoms with E-state index in [4.69, 9.17) is 18.0 Å². The summed E-state index contributed by atoms with van der Waals surface area (Å²) in [5.74, 6) is 0.517. The molecule has 0 spiro atoms. The molecule has 0 saturated heterocycles. The first-order valence-electron chi connectivity index (χ1n) is 6.15. The second kappa shape index (κ2) is 5.05.